The van der Waals surface area contributed by atoms with E-state index in [1.54, 1.807) is 38.1 Å². The van der Waals surface area contributed by atoms with Gasteiger partial charge in [-0.2, -0.15) is 0 Å². The fraction of sp³-hybridized carbons (Fsp3) is 0.286. The van der Waals surface area contributed by atoms with Gasteiger partial charge in [0.2, 0.25) is 11.6 Å². The molecule has 0 bridgehead atoms. The molecule has 0 spiro atoms. The van der Waals surface area contributed by atoms with Crippen molar-refractivity contribution in [2.75, 3.05) is 14.2 Å². The van der Waals surface area contributed by atoms with Gasteiger partial charge in [0.05, 0.1) is 47.6 Å². The first kappa shape index (κ1) is 34.4. The molecule has 0 fully saturated rings. The highest BCUT2D eigenvalue weighted by atomic mass is 16.5. The summed E-state index contributed by atoms with van der Waals surface area (Å²) in [5.74, 6) is -2.93. The van der Waals surface area contributed by atoms with E-state index in [0.29, 0.717) is 56.0 Å². The summed E-state index contributed by atoms with van der Waals surface area (Å²) in [5.41, 5.74) is 3.78. The average Bonchev–Trinajstić information content (AvgIpc) is 3.03. The van der Waals surface area contributed by atoms with Gasteiger partial charge in [-0.1, -0.05) is 64.1 Å². The zero-order valence-corrected chi connectivity index (χ0v) is 29.5. The molecule has 0 radical (unpaired) electrons. The van der Waals surface area contributed by atoms with Gasteiger partial charge in [-0.25, -0.2) is 0 Å². The standard InChI is InChI=1S/C42H42O8/c1-19(2)9-11-23-31(49-7)17-27-33(25-13-21(5)15-29(43)35(25)41(47)37(27)39(23)45)34-26-14-22(6)16-30(44)36(26)42(48)38-28(34)18-32(50-8)24(40(38)46)12-10-20(3)4/h9-20,33-34,43-46H,1-8H3/b11-9+,12-10+/t33-,34-/m1/s1. The molecule has 4 N–H and O–H groups in total. The number of ether oxygens (including phenoxy) is 2. The summed E-state index contributed by atoms with van der Waals surface area (Å²) >= 11 is 0. The van der Waals surface area contributed by atoms with Crippen molar-refractivity contribution in [1.29, 1.82) is 0 Å². The molecule has 0 aliphatic heterocycles. The largest absolute Gasteiger partial charge is 0.507 e. The van der Waals surface area contributed by atoms with Crippen LogP contribution in [0.2, 0.25) is 0 Å². The van der Waals surface area contributed by atoms with Crippen molar-refractivity contribution in [2.24, 2.45) is 11.8 Å². The van der Waals surface area contributed by atoms with Crippen molar-refractivity contribution in [3.63, 3.8) is 0 Å². The molecule has 50 heavy (non-hydrogen) atoms. The van der Waals surface area contributed by atoms with Crippen LogP contribution >= 0.6 is 0 Å². The van der Waals surface area contributed by atoms with Crippen LogP contribution in [0.3, 0.4) is 0 Å². The van der Waals surface area contributed by atoms with E-state index in [9.17, 15) is 30.0 Å². The molecule has 0 aromatic heterocycles. The Morgan fingerprint density at radius 3 is 1.22 bits per heavy atom. The van der Waals surface area contributed by atoms with E-state index in [4.69, 9.17) is 9.47 Å². The third-order valence-electron chi connectivity index (χ3n) is 9.57. The van der Waals surface area contributed by atoms with E-state index in [1.165, 1.54) is 26.4 Å². The van der Waals surface area contributed by atoms with Crippen LogP contribution in [0, 0.1) is 25.7 Å². The number of allylic oxidation sites excluding steroid dienone is 2. The van der Waals surface area contributed by atoms with Gasteiger partial charge in [0.25, 0.3) is 0 Å². The van der Waals surface area contributed by atoms with E-state index < -0.39 is 23.4 Å². The van der Waals surface area contributed by atoms with Gasteiger partial charge in [-0.3, -0.25) is 9.59 Å². The number of phenols is 4. The zero-order chi connectivity index (χ0) is 36.3. The monoisotopic (exact) mass is 674 g/mol. The Bertz CT molecular complexity index is 2000. The van der Waals surface area contributed by atoms with Crippen LogP contribution in [0.4, 0.5) is 0 Å². The number of carbonyl (C=O) groups excluding carboxylic acids is 2. The molecule has 0 saturated heterocycles. The molecule has 4 aromatic rings. The molecule has 2 atom stereocenters. The second kappa shape index (κ2) is 12.8. The number of fused-ring (bicyclic) bond motifs is 4. The first-order valence-corrected chi connectivity index (χ1v) is 16.7. The smallest absolute Gasteiger partial charge is 0.201 e. The zero-order valence-electron chi connectivity index (χ0n) is 29.5. The van der Waals surface area contributed by atoms with Crippen molar-refractivity contribution in [2.45, 2.75) is 53.4 Å². The molecule has 8 heteroatoms. The van der Waals surface area contributed by atoms with Crippen LogP contribution in [-0.4, -0.2) is 46.2 Å². The van der Waals surface area contributed by atoms with Gasteiger partial charge in [0.1, 0.15) is 34.5 Å². The normalized spacial score (nSPS) is 16.6. The van der Waals surface area contributed by atoms with E-state index in [0.717, 1.165) is 0 Å². The minimum atomic E-state index is -0.820. The van der Waals surface area contributed by atoms with Gasteiger partial charge < -0.3 is 29.9 Å². The topological polar surface area (TPSA) is 134 Å². The first-order valence-electron chi connectivity index (χ1n) is 16.7. The molecule has 0 unspecified atom stereocenters. The van der Waals surface area contributed by atoms with E-state index >= 15 is 0 Å². The van der Waals surface area contributed by atoms with Crippen molar-refractivity contribution in [3.8, 4) is 34.5 Å². The van der Waals surface area contributed by atoms with Crippen LogP contribution in [-0.2, 0) is 0 Å². The van der Waals surface area contributed by atoms with Crippen molar-refractivity contribution < 1.29 is 39.5 Å². The van der Waals surface area contributed by atoms with Gasteiger partial charge in [-0.05, 0) is 83.3 Å². The SMILES string of the molecule is COc1cc2c(c(O)c1/C=C/C(C)C)C(=O)c1c(O)cc(C)cc1[C@H]2[C@@H]1c2cc(C)cc(O)c2C(=O)c2c1cc(OC)c(/C=C/C(C)C)c2O. The van der Waals surface area contributed by atoms with Gasteiger partial charge in [-0.15, -0.1) is 0 Å². The van der Waals surface area contributed by atoms with Crippen molar-refractivity contribution in [1.82, 2.24) is 0 Å². The second-order valence-corrected chi connectivity index (χ2v) is 13.9. The van der Waals surface area contributed by atoms with Crippen LogP contribution < -0.4 is 9.47 Å². The molecule has 258 valence electrons. The lowest BCUT2D eigenvalue weighted by Crippen LogP contribution is -2.30. The van der Waals surface area contributed by atoms with Crippen LogP contribution in [0.15, 0.2) is 48.6 Å². The Kier molecular flexibility index (Phi) is 8.76. The van der Waals surface area contributed by atoms with Crippen molar-refractivity contribution in [3.05, 3.63) is 115 Å². The predicted molar refractivity (Wildman–Crippen MR) is 193 cm³/mol. The summed E-state index contributed by atoms with van der Waals surface area (Å²) in [6, 6.07) is 10.1. The Morgan fingerprint density at radius 1 is 0.560 bits per heavy atom. The number of aromatic hydroxyl groups is 4. The number of phenolic OH excluding ortho intramolecular Hbond substituents is 4. The van der Waals surface area contributed by atoms with Crippen LogP contribution in [0.25, 0.3) is 12.2 Å². The first-order chi connectivity index (χ1) is 23.7. The molecular weight excluding hydrogens is 632 g/mol. The Hall–Kier alpha value is -5.50. The average molecular weight is 675 g/mol. The number of hydrogen-bond donors (Lipinski definition) is 4. The lowest BCUT2D eigenvalue weighted by molar-refractivity contribution is 0.101. The Balaban J connectivity index is 1.79. The summed E-state index contributed by atoms with van der Waals surface area (Å²) < 4.78 is 11.6. The van der Waals surface area contributed by atoms with E-state index in [1.807, 2.05) is 52.0 Å². The highest BCUT2D eigenvalue weighted by Crippen LogP contribution is 2.58. The van der Waals surface area contributed by atoms with Crippen LogP contribution in [0.5, 0.6) is 34.5 Å². The summed E-state index contributed by atoms with van der Waals surface area (Å²) in [4.78, 5) is 28.8. The van der Waals surface area contributed by atoms with E-state index in [-0.39, 0.29) is 57.1 Å². The third-order valence-corrected chi connectivity index (χ3v) is 9.57. The summed E-state index contributed by atoms with van der Waals surface area (Å²) in [6.45, 7) is 11.6. The predicted octanol–water partition coefficient (Wildman–Crippen LogP) is 8.53. The lowest BCUT2D eigenvalue weighted by Gasteiger charge is -2.39. The fourth-order valence-corrected chi connectivity index (χ4v) is 7.44. The minimum Gasteiger partial charge on any atom is -0.507 e. The second-order valence-electron chi connectivity index (χ2n) is 13.9. The number of methoxy groups -OCH3 is 2. The molecule has 8 nitrogen and oxygen atoms in total. The highest BCUT2D eigenvalue weighted by Gasteiger charge is 2.47. The Labute approximate surface area is 292 Å². The maximum atomic E-state index is 14.4. The number of rotatable bonds is 7. The maximum Gasteiger partial charge on any atom is 0.201 e. The molecule has 0 amide bonds. The Morgan fingerprint density at radius 2 is 0.900 bits per heavy atom. The lowest BCUT2D eigenvalue weighted by atomic mass is 9.63. The molecule has 2 aliphatic rings. The maximum absolute atomic E-state index is 14.4. The molecule has 6 rings (SSSR count). The number of aryl methyl sites for hydroxylation is 2. The summed E-state index contributed by atoms with van der Waals surface area (Å²) in [5, 5.41) is 46.6. The molecule has 4 aromatic carbocycles. The van der Waals surface area contributed by atoms with E-state index in [2.05, 4.69) is 0 Å². The number of ketones is 2. The quantitative estimate of drug-likeness (QED) is 0.153. The van der Waals surface area contributed by atoms with Crippen molar-refractivity contribution >= 4 is 23.7 Å². The summed E-state index contributed by atoms with van der Waals surface area (Å²) in [7, 11) is 2.97. The third kappa shape index (κ3) is 5.39. The molecule has 0 heterocycles. The van der Waals surface area contributed by atoms with Gasteiger partial charge in [0.15, 0.2) is 0 Å². The molecule has 0 saturated carbocycles. The number of benzene rings is 4. The molecule has 2 aliphatic carbocycles. The summed E-state index contributed by atoms with van der Waals surface area (Å²) in [6.07, 6.45) is 7.20. The van der Waals surface area contributed by atoms with Crippen LogP contribution in [0.1, 0.15) is 116 Å². The van der Waals surface area contributed by atoms with Gasteiger partial charge in [0, 0.05) is 11.8 Å². The minimum absolute atomic E-state index is 0.00425. The fourth-order valence-electron chi connectivity index (χ4n) is 7.44. The molecular formula is C42H42O8. The number of carbonyl (C=O) groups is 2. The highest BCUT2D eigenvalue weighted by molar-refractivity contribution is 6.18. The number of hydrogen-bond acceptors (Lipinski definition) is 8. The van der Waals surface area contributed by atoms with Gasteiger partial charge >= 0.3 is 0 Å².